The van der Waals surface area contributed by atoms with E-state index in [4.69, 9.17) is 9.47 Å². The first-order chi connectivity index (χ1) is 14.6. The zero-order valence-corrected chi connectivity index (χ0v) is 19.6. The highest BCUT2D eigenvalue weighted by molar-refractivity contribution is 6.04. The van der Waals surface area contributed by atoms with Crippen molar-refractivity contribution in [3.05, 3.63) is 52.4 Å². The van der Waals surface area contributed by atoms with Crippen LogP contribution < -0.4 is 10.1 Å². The van der Waals surface area contributed by atoms with Gasteiger partial charge in [0.2, 0.25) is 0 Å². The molecule has 5 heteroatoms. The highest BCUT2D eigenvalue weighted by atomic mass is 16.5. The highest BCUT2D eigenvalue weighted by Crippen LogP contribution is 2.48. The largest absolute Gasteiger partial charge is 0.493 e. The molecule has 5 nitrogen and oxygen atoms in total. The van der Waals surface area contributed by atoms with Crippen molar-refractivity contribution in [2.24, 2.45) is 5.41 Å². The number of hydrogen-bond donors (Lipinski definition) is 1. The Morgan fingerprint density at radius 3 is 2.61 bits per heavy atom. The Hall–Kier alpha value is -2.56. The average molecular weight is 426 g/mol. The summed E-state index contributed by atoms with van der Waals surface area (Å²) in [6.07, 6.45) is 2.94. The summed E-state index contributed by atoms with van der Waals surface area (Å²) in [5.74, 6) is -0.0917. The fourth-order valence-corrected chi connectivity index (χ4v) is 4.47. The molecule has 0 saturated heterocycles. The Morgan fingerprint density at radius 1 is 1.23 bits per heavy atom. The van der Waals surface area contributed by atoms with Crippen LogP contribution in [-0.4, -0.2) is 24.5 Å². The smallest absolute Gasteiger partial charge is 0.337 e. The van der Waals surface area contributed by atoms with E-state index in [1.165, 1.54) is 0 Å². The number of benzene rings is 1. The zero-order chi connectivity index (χ0) is 22.8. The van der Waals surface area contributed by atoms with E-state index >= 15 is 0 Å². The van der Waals surface area contributed by atoms with Gasteiger partial charge >= 0.3 is 5.97 Å². The molecule has 3 rings (SSSR count). The second-order valence-corrected chi connectivity index (χ2v) is 9.62. The van der Waals surface area contributed by atoms with Gasteiger partial charge in [0.15, 0.2) is 5.78 Å². The van der Waals surface area contributed by atoms with Crippen molar-refractivity contribution in [3.8, 4) is 5.75 Å². The molecular formula is C26H35NO4. The summed E-state index contributed by atoms with van der Waals surface area (Å²) < 4.78 is 11.7. The number of carbonyl (C=O) groups excluding carboxylic acids is 2. The van der Waals surface area contributed by atoms with E-state index in [9.17, 15) is 9.59 Å². The molecule has 0 saturated carbocycles. The molecule has 0 spiro atoms. The molecule has 1 aliphatic heterocycles. The van der Waals surface area contributed by atoms with Crippen molar-refractivity contribution in [3.63, 3.8) is 0 Å². The molecule has 1 atom stereocenters. The van der Waals surface area contributed by atoms with Crippen LogP contribution in [0.5, 0.6) is 5.75 Å². The third-order valence-electron chi connectivity index (χ3n) is 5.79. The maximum atomic E-state index is 13.4. The lowest BCUT2D eigenvalue weighted by atomic mass is 9.68. The van der Waals surface area contributed by atoms with Crippen molar-refractivity contribution < 1.29 is 19.1 Å². The number of ketones is 1. The van der Waals surface area contributed by atoms with Gasteiger partial charge in [-0.25, -0.2) is 4.79 Å². The van der Waals surface area contributed by atoms with Gasteiger partial charge in [-0.05, 0) is 45.1 Å². The first kappa shape index (κ1) is 23.1. The molecule has 31 heavy (non-hydrogen) atoms. The number of dihydropyridines is 1. The van der Waals surface area contributed by atoms with E-state index < -0.39 is 11.9 Å². The summed E-state index contributed by atoms with van der Waals surface area (Å²) in [7, 11) is 0. The van der Waals surface area contributed by atoms with Gasteiger partial charge in [-0.2, -0.15) is 0 Å². The van der Waals surface area contributed by atoms with Crippen LogP contribution in [0.4, 0.5) is 0 Å². The van der Waals surface area contributed by atoms with Crippen LogP contribution in [-0.2, 0) is 14.3 Å². The maximum Gasteiger partial charge on any atom is 0.337 e. The van der Waals surface area contributed by atoms with Gasteiger partial charge < -0.3 is 14.8 Å². The summed E-state index contributed by atoms with van der Waals surface area (Å²) in [5.41, 5.74) is 3.53. The number of hydrogen-bond acceptors (Lipinski definition) is 5. The fraction of sp³-hybridized carbons (Fsp3) is 0.538. The van der Waals surface area contributed by atoms with Crippen LogP contribution in [0, 0.1) is 5.41 Å². The number of para-hydroxylation sites is 1. The monoisotopic (exact) mass is 425 g/mol. The van der Waals surface area contributed by atoms with Crippen LogP contribution in [0.3, 0.4) is 0 Å². The summed E-state index contributed by atoms with van der Waals surface area (Å²) in [6, 6.07) is 7.74. The van der Waals surface area contributed by atoms with E-state index in [1.54, 1.807) is 0 Å². The molecule has 1 heterocycles. The predicted molar refractivity (Wildman–Crippen MR) is 122 cm³/mol. The second kappa shape index (κ2) is 9.29. The lowest BCUT2D eigenvalue weighted by molar-refractivity contribution is -0.143. The number of rotatable bonds is 7. The normalized spacial score (nSPS) is 20.5. The standard InChI is InChI=1S/C26H35NO4/c1-7-8-13-30-21-12-10-9-11-18(21)23-22(25(29)31-16(2)3)17(4)27-19-14-26(5,6)15-20(28)24(19)23/h9-12,16,23,27H,7-8,13-15H2,1-6H3. The predicted octanol–water partition coefficient (Wildman–Crippen LogP) is 5.42. The lowest BCUT2D eigenvalue weighted by Crippen LogP contribution is -2.39. The van der Waals surface area contributed by atoms with Crippen molar-refractivity contribution in [2.75, 3.05) is 6.61 Å². The highest BCUT2D eigenvalue weighted by Gasteiger charge is 2.44. The van der Waals surface area contributed by atoms with E-state index in [0.29, 0.717) is 24.2 Å². The number of unbranched alkanes of at least 4 members (excludes halogenated alkanes) is 1. The van der Waals surface area contributed by atoms with Gasteiger partial charge in [-0.15, -0.1) is 0 Å². The maximum absolute atomic E-state index is 13.4. The number of allylic oxidation sites excluding steroid dienone is 3. The van der Waals surface area contributed by atoms with Gasteiger partial charge in [-0.1, -0.05) is 45.4 Å². The Balaban J connectivity index is 2.15. The van der Waals surface area contributed by atoms with Gasteiger partial charge in [-0.3, -0.25) is 4.79 Å². The third kappa shape index (κ3) is 5.03. The molecule has 2 aliphatic rings. The van der Waals surface area contributed by atoms with Crippen molar-refractivity contribution in [1.82, 2.24) is 5.32 Å². The molecule has 0 radical (unpaired) electrons. The SMILES string of the molecule is CCCCOc1ccccc1C1C(C(=O)OC(C)C)=C(C)NC2=C1C(=O)CC(C)(C)C2. The minimum atomic E-state index is -0.496. The summed E-state index contributed by atoms with van der Waals surface area (Å²) in [6.45, 7) is 12.5. The van der Waals surface area contributed by atoms with E-state index in [1.807, 2.05) is 45.0 Å². The van der Waals surface area contributed by atoms with E-state index in [2.05, 4.69) is 26.1 Å². The molecule has 1 N–H and O–H groups in total. The topological polar surface area (TPSA) is 64.6 Å². The van der Waals surface area contributed by atoms with Gasteiger partial charge in [0.1, 0.15) is 5.75 Å². The fourth-order valence-electron chi connectivity index (χ4n) is 4.47. The molecule has 1 aromatic rings. The minimum Gasteiger partial charge on any atom is -0.493 e. The third-order valence-corrected chi connectivity index (χ3v) is 5.79. The first-order valence-electron chi connectivity index (χ1n) is 11.3. The second-order valence-electron chi connectivity index (χ2n) is 9.62. The molecular weight excluding hydrogens is 390 g/mol. The van der Waals surface area contributed by atoms with Crippen LogP contribution in [0.15, 0.2) is 46.8 Å². The summed E-state index contributed by atoms with van der Waals surface area (Å²) in [5, 5.41) is 3.38. The minimum absolute atomic E-state index is 0.0782. The zero-order valence-electron chi connectivity index (χ0n) is 19.6. The average Bonchev–Trinajstić information content (AvgIpc) is 2.65. The van der Waals surface area contributed by atoms with Crippen molar-refractivity contribution in [2.45, 2.75) is 79.2 Å². The van der Waals surface area contributed by atoms with Crippen LogP contribution in [0.1, 0.15) is 78.7 Å². The van der Waals surface area contributed by atoms with Gasteiger partial charge in [0.05, 0.1) is 24.2 Å². The molecule has 0 bridgehead atoms. The Morgan fingerprint density at radius 2 is 1.94 bits per heavy atom. The van der Waals surface area contributed by atoms with Gasteiger partial charge in [0, 0.05) is 29.0 Å². The van der Waals surface area contributed by atoms with Gasteiger partial charge in [0.25, 0.3) is 0 Å². The number of esters is 1. The van der Waals surface area contributed by atoms with Crippen LogP contribution in [0.2, 0.25) is 0 Å². The quantitative estimate of drug-likeness (QED) is 0.467. The Bertz CT molecular complexity index is 923. The van der Waals surface area contributed by atoms with Crippen LogP contribution in [0.25, 0.3) is 0 Å². The number of Topliss-reactive ketones (excluding diaryl/α,β-unsaturated/α-hetero) is 1. The van der Waals surface area contributed by atoms with Crippen LogP contribution >= 0.6 is 0 Å². The molecule has 0 amide bonds. The molecule has 1 aromatic carbocycles. The summed E-state index contributed by atoms with van der Waals surface area (Å²) >= 11 is 0. The number of carbonyl (C=O) groups is 2. The Labute approximate surface area is 185 Å². The molecule has 1 unspecified atom stereocenters. The van der Waals surface area contributed by atoms with E-state index in [-0.39, 0.29) is 17.3 Å². The number of ether oxygens (including phenoxy) is 2. The van der Waals surface area contributed by atoms with Crippen molar-refractivity contribution >= 4 is 11.8 Å². The molecule has 0 fully saturated rings. The van der Waals surface area contributed by atoms with Crippen molar-refractivity contribution in [1.29, 1.82) is 0 Å². The van der Waals surface area contributed by atoms with E-state index in [0.717, 1.165) is 42.0 Å². The number of nitrogens with one attached hydrogen (secondary N) is 1. The first-order valence-corrected chi connectivity index (χ1v) is 11.3. The summed E-state index contributed by atoms with van der Waals surface area (Å²) in [4.78, 5) is 26.6. The Kier molecular flexibility index (Phi) is 6.93. The molecule has 0 aromatic heterocycles. The molecule has 1 aliphatic carbocycles. The lowest BCUT2D eigenvalue weighted by Gasteiger charge is -2.39. The molecule has 168 valence electrons.